The summed E-state index contributed by atoms with van der Waals surface area (Å²) in [5.74, 6) is 2.39. The minimum Gasteiger partial charge on any atom is -0.287 e. The molecule has 0 atom stereocenters. The van der Waals surface area contributed by atoms with Gasteiger partial charge in [-0.15, -0.1) is 0 Å². The molecule has 0 bridgehead atoms. The summed E-state index contributed by atoms with van der Waals surface area (Å²) in [5, 5.41) is 0. The van der Waals surface area contributed by atoms with E-state index in [2.05, 4.69) is 50.9 Å². The molecule has 98 valence electrons. The van der Waals surface area contributed by atoms with E-state index in [1.165, 1.54) is 11.3 Å². The molecule has 18 heavy (non-hydrogen) atoms. The first-order chi connectivity index (χ1) is 8.43. The smallest absolute Gasteiger partial charge is 0.143 e. The Kier molecular flexibility index (Phi) is 3.42. The van der Waals surface area contributed by atoms with E-state index in [4.69, 9.17) is 4.98 Å². The lowest BCUT2D eigenvalue weighted by Gasteiger charge is -2.19. The average Bonchev–Trinajstić information content (AvgIpc) is 2.73. The maximum absolute atomic E-state index is 4.92. The maximum atomic E-state index is 4.92. The van der Waals surface area contributed by atoms with E-state index in [-0.39, 0.29) is 0 Å². The number of rotatable bonds is 3. The molecule has 0 unspecified atom stereocenters. The molecule has 0 aliphatic heterocycles. The first-order valence-electron chi connectivity index (χ1n) is 6.80. The summed E-state index contributed by atoms with van der Waals surface area (Å²) in [6.45, 7) is 13.2. The third-order valence-corrected chi connectivity index (χ3v) is 3.28. The Hall–Kier alpha value is -1.38. The fourth-order valence-corrected chi connectivity index (χ4v) is 2.44. The van der Waals surface area contributed by atoms with Crippen molar-refractivity contribution in [2.24, 2.45) is 0 Å². The molecule has 2 aromatic rings. The van der Waals surface area contributed by atoms with Crippen molar-refractivity contribution in [2.45, 2.75) is 59.3 Å². The number of aromatic nitrogens is 3. The maximum Gasteiger partial charge on any atom is 0.143 e. The van der Waals surface area contributed by atoms with Crippen molar-refractivity contribution in [1.29, 1.82) is 0 Å². The molecular formula is C15H23N3. The summed E-state index contributed by atoms with van der Waals surface area (Å²) in [7, 11) is 0. The molecule has 0 aromatic carbocycles. The van der Waals surface area contributed by atoms with Crippen molar-refractivity contribution in [2.75, 3.05) is 0 Å². The standard InChI is InChI=1S/C15H23N3/c1-9(2)12-13(10(3)4)17-14(11(5)6)18-8-7-16-15(12)18/h7-11H,1-6H3. The van der Waals surface area contributed by atoms with Crippen molar-refractivity contribution in [3.8, 4) is 0 Å². The highest BCUT2D eigenvalue weighted by molar-refractivity contribution is 5.53. The summed E-state index contributed by atoms with van der Waals surface area (Å²) in [4.78, 5) is 9.47. The fraction of sp³-hybridized carbons (Fsp3) is 0.600. The van der Waals surface area contributed by atoms with Gasteiger partial charge >= 0.3 is 0 Å². The van der Waals surface area contributed by atoms with Gasteiger partial charge in [-0.1, -0.05) is 41.5 Å². The lowest BCUT2D eigenvalue weighted by molar-refractivity contribution is 0.688. The van der Waals surface area contributed by atoms with Crippen molar-refractivity contribution >= 4 is 5.65 Å². The van der Waals surface area contributed by atoms with Crippen LogP contribution in [-0.2, 0) is 0 Å². The Morgan fingerprint density at radius 2 is 1.61 bits per heavy atom. The van der Waals surface area contributed by atoms with Gasteiger partial charge in [-0.05, 0) is 11.8 Å². The quantitative estimate of drug-likeness (QED) is 0.815. The van der Waals surface area contributed by atoms with E-state index < -0.39 is 0 Å². The molecule has 2 heterocycles. The molecular weight excluding hydrogens is 222 g/mol. The number of hydrogen-bond donors (Lipinski definition) is 0. The van der Waals surface area contributed by atoms with E-state index in [0.717, 1.165) is 11.5 Å². The van der Waals surface area contributed by atoms with Gasteiger partial charge in [0.25, 0.3) is 0 Å². The molecule has 2 rings (SSSR count). The third kappa shape index (κ3) is 2.02. The minimum atomic E-state index is 0.403. The van der Waals surface area contributed by atoms with Gasteiger partial charge in [-0.2, -0.15) is 0 Å². The van der Waals surface area contributed by atoms with Crippen LogP contribution >= 0.6 is 0 Å². The van der Waals surface area contributed by atoms with E-state index in [1.807, 2.05) is 12.4 Å². The summed E-state index contributed by atoms with van der Waals surface area (Å²) in [6, 6.07) is 0. The van der Waals surface area contributed by atoms with Crippen molar-refractivity contribution in [1.82, 2.24) is 14.4 Å². The molecule has 0 spiro atoms. The zero-order chi connectivity index (χ0) is 13.4. The molecule has 0 aliphatic rings. The van der Waals surface area contributed by atoms with E-state index >= 15 is 0 Å². The summed E-state index contributed by atoms with van der Waals surface area (Å²) >= 11 is 0. The predicted molar refractivity (Wildman–Crippen MR) is 75.3 cm³/mol. The van der Waals surface area contributed by atoms with Crippen LogP contribution in [0.4, 0.5) is 0 Å². The first-order valence-corrected chi connectivity index (χ1v) is 6.80. The van der Waals surface area contributed by atoms with Gasteiger partial charge in [0.15, 0.2) is 0 Å². The zero-order valence-corrected chi connectivity index (χ0v) is 12.2. The molecule has 0 saturated heterocycles. The van der Waals surface area contributed by atoms with Crippen LogP contribution in [0.25, 0.3) is 5.65 Å². The molecule has 3 heteroatoms. The Labute approximate surface area is 109 Å². The van der Waals surface area contributed by atoms with Crippen LogP contribution in [0.5, 0.6) is 0 Å². The Balaban J connectivity index is 2.84. The molecule has 0 saturated carbocycles. The van der Waals surface area contributed by atoms with Crippen LogP contribution in [0, 0.1) is 0 Å². The molecule has 0 fully saturated rings. The topological polar surface area (TPSA) is 30.2 Å². The molecule has 0 amide bonds. The first kappa shape index (κ1) is 13.1. The highest BCUT2D eigenvalue weighted by atomic mass is 15.1. The van der Waals surface area contributed by atoms with Gasteiger partial charge in [-0.3, -0.25) is 4.40 Å². The van der Waals surface area contributed by atoms with Gasteiger partial charge in [0.1, 0.15) is 11.5 Å². The molecule has 3 nitrogen and oxygen atoms in total. The highest BCUT2D eigenvalue weighted by Crippen LogP contribution is 2.30. The van der Waals surface area contributed by atoms with E-state index in [1.54, 1.807) is 0 Å². The fourth-order valence-electron chi connectivity index (χ4n) is 2.44. The zero-order valence-electron chi connectivity index (χ0n) is 12.2. The average molecular weight is 245 g/mol. The molecule has 0 radical (unpaired) electrons. The predicted octanol–water partition coefficient (Wildman–Crippen LogP) is 4.10. The van der Waals surface area contributed by atoms with Gasteiger partial charge in [0.05, 0.1) is 5.69 Å². The van der Waals surface area contributed by atoms with Crippen molar-refractivity contribution in [3.05, 3.63) is 29.5 Å². The van der Waals surface area contributed by atoms with E-state index in [0.29, 0.717) is 17.8 Å². The number of fused-ring (bicyclic) bond motifs is 1. The second-order valence-corrected chi connectivity index (χ2v) is 5.85. The lowest BCUT2D eigenvalue weighted by atomic mass is 9.95. The second kappa shape index (κ2) is 4.71. The van der Waals surface area contributed by atoms with Gasteiger partial charge in [-0.25, -0.2) is 9.97 Å². The number of imidazole rings is 1. The molecule has 0 aliphatic carbocycles. The van der Waals surface area contributed by atoms with Crippen LogP contribution in [-0.4, -0.2) is 14.4 Å². The Bertz CT molecular complexity index is 550. The summed E-state index contributed by atoms with van der Waals surface area (Å²) in [6.07, 6.45) is 3.90. The Morgan fingerprint density at radius 3 is 2.11 bits per heavy atom. The normalized spacial score (nSPS) is 12.3. The monoisotopic (exact) mass is 245 g/mol. The van der Waals surface area contributed by atoms with Crippen LogP contribution in [0.2, 0.25) is 0 Å². The number of hydrogen-bond acceptors (Lipinski definition) is 2. The van der Waals surface area contributed by atoms with Crippen molar-refractivity contribution in [3.63, 3.8) is 0 Å². The molecule has 2 aromatic heterocycles. The largest absolute Gasteiger partial charge is 0.287 e. The SMILES string of the molecule is CC(C)c1nc(C(C)C)n2ccnc2c1C(C)C. The van der Waals surface area contributed by atoms with Crippen LogP contribution in [0.15, 0.2) is 12.4 Å². The number of nitrogens with zero attached hydrogens (tertiary/aromatic N) is 3. The van der Waals surface area contributed by atoms with Gasteiger partial charge in [0.2, 0.25) is 0 Å². The third-order valence-electron chi connectivity index (χ3n) is 3.28. The van der Waals surface area contributed by atoms with Gasteiger partial charge in [0, 0.05) is 23.9 Å². The van der Waals surface area contributed by atoms with E-state index in [9.17, 15) is 0 Å². The molecule has 0 N–H and O–H groups in total. The highest BCUT2D eigenvalue weighted by Gasteiger charge is 2.20. The lowest BCUT2D eigenvalue weighted by Crippen LogP contribution is -2.12. The van der Waals surface area contributed by atoms with Crippen molar-refractivity contribution < 1.29 is 0 Å². The summed E-state index contributed by atoms with van der Waals surface area (Å²) in [5.41, 5.74) is 3.57. The van der Waals surface area contributed by atoms with Crippen LogP contribution in [0.1, 0.15) is 76.4 Å². The summed E-state index contributed by atoms with van der Waals surface area (Å²) < 4.78 is 2.14. The van der Waals surface area contributed by atoms with Crippen LogP contribution in [0.3, 0.4) is 0 Å². The Morgan fingerprint density at radius 1 is 0.944 bits per heavy atom. The van der Waals surface area contributed by atoms with Crippen LogP contribution < -0.4 is 0 Å². The minimum absolute atomic E-state index is 0.403. The second-order valence-electron chi connectivity index (χ2n) is 5.85. The van der Waals surface area contributed by atoms with Gasteiger partial charge < -0.3 is 0 Å².